The Bertz CT molecular complexity index is 424. The van der Waals surface area contributed by atoms with Crippen molar-refractivity contribution < 1.29 is 14.3 Å². The zero-order valence-electron chi connectivity index (χ0n) is 10.3. The quantitative estimate of drug-likeness (QED) is 0.570. The number of aromatic nitrogens is 1. The minimum atomic E-state index is -0.530. The van der Waals surface area contributed by atoms with Crippen molar-refractivity contribution in [2.45, 2.75) is 33.3 Å². The highest BCUT2D eigenvalue weighted by atomic mass is 16.6. The molecule has 1 aromatic rings. The van der Waals surface area contributed by atoms with Crippen LogP contribution in [0, 0.1) is 0 Å². The summed E-state index contributed by atoms with van der Waals surface area (Å²) in [5.41, 5.74) is 0.376. The average Bonchev–Trinajstić information content (AvgIpc) is 2.44. The molecule has 88 valence electrons. The fourth-order valence-electron chi connectivity index (χ4n) is 1.29. The van der Waals surface area contributed by atoms with Crippen LogP contribution < -0.4 is 0 Å². The second-order valence-corrected chi connectivity index (χ2v) is 4.78. The van der Waals surface area contributed by atoms with Gasteiger partial charge in [0.2, 0.25) is 0 Å². The number of esters is 1. The van der Waals surface area contributed by atoms with Crippen molar-refractivity contribution in [3.05, 3.63) is 23.5 Å². The van der Waals surface area contributed by atoms with E-state index in [1.807, 2.05) is 0 Å². The molecule has 0 atom stereocenters. The van der Waals surface area contributed by atoms with Gasteiger partial charge in [0.15, 0.2) is 5.78 Å². The molecule has 0 saturated heterocycles. The molecule has 4 heteroatoms. The number of carbonyl (C=O) groups excluding carboxylic acids is 2. The molecule has 0 unspecified atom stereocenters. The van der Waals surface area contributed by atoms with Crippen LogP contribution >= 0.6 is 0 Å². The second-order valence-electron chi connectivity index (χ2n) is 4.78. The summed E-state index contributed by atoms with van der Waals surface area (Å²) in [4.78, 5) is 22.9. The van der Waals surface area contributed by atoms with Crippen LogP contribution in [0.1, 0.15) is 48.5 Å². The van der Waals surface area contributed by atoms with E-state index in [1.165, 1.54) is 6.92 Å². The number of rotatable bonds is 2. The third kappa shape index (κ3) is 2.95. The molecule has 0 radical (unpaired) electrons. The topological polar surface area (TPSA) is 48.3 Å². The van der Waals surface area contributed by atoms with Crippen LogP contribution in [0.3, 0.4) is 0 Å². The van der Waals surface area contributed by atoms with Crippen LogP contribution in [0.5, 0.6) is 0 Å². The predicted octanol–water partition coefficient (Wildman–Crippen LogP) is 2.18. The first-order valence-corrected chi connectivity index (χ1v) is 5.11. The van der Waals surface area contributed by atoms with Crippen molar-refractivity contribution in [2.24, 2.45) is 7.05 Å². The third-order valence-electron chi connectivity index (χ3n) is 2.02. The van der Waals surface area contributed by atoms with Gasteiger partial charge in [-0.3, -0.25) is 4.79 Å². The number of aryl methyl sites for hydroxylation is 1. The van der Waals surface area contributed by atoms with E-state index in [2.05, 4.69) is 0 Å². The van der Waals surface area contributed by atoms with Crippen LogP contribution in [-0.2, 0) is 11.8 Å². The molecular weight excluding hydrogens is 206 g/mol. The van der Waals surface area contributed by atoms with Gasteiger partial charge < -0.3 is 9.30 Å². The first kappa shape index (κ1) is 12.5. The number of nitrogens with zero attached hydrogens (tertiary/aromatic N) is 1. The molecule has 4 nitrogen and oxygen atoms in total. The van der Waals surface area contributed by atoms with E-state index in [9.17, 15) is 9.59 Å². The SMILES string of the molecule is CC(=O)c1cc(C(=O)OC(C)(C)C)n(C)c1. The lowest BCUT2D eigenvalue weighted by atomic mass is 10.2. The van der Waals surface area contributed by atoms with Crippen molar-refractivity contribution in [2.75, 3.05) is 0 Å². The number of hydrogen-bond donors (Lipinski definition) is 0. The zero-order valence-corrected chi connectivity index (χ0v) is 10.3. The summed E-state index contributed by atoms with van der Waals surface area (Å²) in [6.45, 7) is 6.88. The molecule has 1 heterocycles. The molecule has 16 heavy (non-hydrogen) atoms. The molecular formula is C12H17NO3. The lowest BCUT2D eigenvalue weighted by Crippen LogP contribution is -2.25. The molecule has 1 rings (SSSR count). The van der Waals surface area contributed by atoms with Gasteiger partial charge in [-0.2, -0.15) is 0 Å². The maximum Gasteiger partial charge on any atom is 0.355 e. The highest BCUT2D eigenvalue weighted by Gasteiger charge is 2.21. The van der Waals surface area contributed by atoms with Crippen LogP contribution in [0.4, 0.5) is 0 Å². The summed E-state index contributed by atoms with van der Waals surface area (Å²) >= 11 is 0. The summed E-state index contributed by atoms with van der Waals surface area (Å²) in [5.74, 6) is -0.479. The average molecular weight is 223 g/mol. The maximum atomic E-state index is 11.8. The number of carbonyl (C=O) groups is 2. The van der Waals surface area contributed by atoms with E-state index in [1.54, 1.807) is 44.6 Å². The molecule has 0 amide bonds. The zero-order chi connectivity index (χ0) is 12.5. The Hall–Kier alpha value is -1.58. The van der Waals surface area contributed by atoms with Gasteiger partial charge in [-0.15, -0.1) is 0 Å². The Kier molecular flexibility index (Phi) is 3.21. The van der Waals surface area contributed by atoms with E-state index >= 15 is 0 Å². The predicted molar refractivity (Wildman–Crippen MR) is 60.6 cm³/mol. The minimum absolute atomic E-state index is 0.0644. The summed E-state index contributed by atoms with van der Waals surface area (Å²) < 4.78 is 6.83. The van der Waals surface area contributed by atoms with Gasteiger partial charge in [0, 0.05) is 18.8 Å². The van der Waals surface area contributed by atoms with Crippen molar-refractivity contribution >= 4 is 11.8 Å². The van der Waals surface area contributed by atoms with Gasteiger partial charge >= 0.3 is 5.97 Å². The van der Waals surface area contributed by atoms with E-state index in [0.29, 0.717) is 11.3 Å². The molecule has 0 spiro atoms. The Morgan fingerprint density at radius 2 is 1.88 bits per heavy atom. The van der Waals surface area contributed by atoms with E-state index in [4.69, 9.17) is 4.74 Å². The Balaban J connectivity index is 2.96. The third-order valence-corrected chi connectivity index (χ3v) is 2.02. The van der Waals surface area contributed by atoms with Gasteiger partial charge in [0.1, 0.15) is 11.3 Å². The summed E-state index contributed by atoms with van der Waals surface area (Å²) in [7, 11) is 1.71. The molecule has 0 saturated carbocycles. The standard InChI is InChI=1S/C12H17NO3/c1-8(14)9-6-10(13(5)7-9)11(15)16-12(2,3)4/h6-7H,1-5H3. The van der Waals surface area contributed by atoms with Crippen LogP contribution in [0.15, 0.2) is 12.3 Å². The number of ether oxygens (including phenoxy) is 1. The van der Waals surface area contributed by atoms with Crippen LogP contribution in [0.25, 0.3) is 0 Å². The largest absolute Gasteiger partial charge is 0.455 e. The molecule has 0 fully saturated rings. The number of Topliss-reactive ketones (excluding diaryl/α,β-unsaturated/α-hetero) is 1. The Morgan fingerprint density at radius 1 is 1.31 bits per heavy atom. The Labute approximate surface area is 95.2 Å². The van der Waals surface area contributed by atoms with Crippen molar-refractivity contribution in [3.8, 4) is 0 Å². The van der Waals surface area contributed by atoms with Crippen LogP contribution in [-0.4, -0.2) is 21.9 Å². The summed E-state index contributed by atoms with van der Waals surface area (Å²) in [5, 5.41) is 0. The van der Waals surface area contributed by atoms with Gasteiger partial charge in [-0.25, -0.2) is 4.79 Å². The van der Waals surface area contributed by atoms with Gasteiger partial charge in [-0.1, -0.05) is 0 Å². The molecule has 0 N–H and O–H groups in total. The highest BCUT2D eigenvalue weighted by molar-refractivity contribution is 5.97. The fraction of sp³-hybridized carbons (Fsp3) is 0.500. The van der Waals surface area contributed by atoms with Gasteiger partial charge in [-0.05, 0) is 33.8 Å². The summed E-state index contributed by atoms with van der Waals surface area (Å²) in [6.07, 6.45) is 1.63. The molecule has 0 aliphatic rings. The van der Waals surface area contributed by atoms with Crippen LogP contribution in [0.2, 0.25) is 0 Å². The van der Waals surface area contributed by atoms with Crippen molar-refractivity contribution in [3.63, 3.8) is 0 Å². The highest BCUT2D eigenvalue weighted by Crippen LogP contribution is 2.14. The normalized spacial score (nSPS) is 11.3. The molecule has 1 aromatic heterocycles. The second kappa shape index (κ2) is 4.12. The lowest BCUT2D eigenvalue weighted by molar-refractivity contribution is 0.00590. The first-order chi connectivity index (χ1) is 7.20. The summed E-state index contributed by atoms with van der Waals surface area (Å²) in [6, 6.07) is 1.55. The lowest BCUT2D eigenvalue weighted by Gasteiger charge is -2.19. The fourth-order valence-corrected chi connectivity index (χ4v) is 1.29. The minimum Gasteiger partial charge on any atom is -0.455 e. The monoisotopic (exact) mass is 223 g/mol. The Morgan fingerprint density at radius 3 is 2.25 bits per heavy atom. The van der Waals surface area contributed by atoms with E-state index in [0.717, 1.165) is 0 Å². The molecule has 0 aliphatic heterocycles. The van der Waals surface area contributed by atoms with Gasteiger partial charge in [0.05, 0.1) is 0 Å². The number of hydrogen-bond acceptors (Lipinski definition) is 3. The first-order valence-electron chi connectivity index (χ1n) is 5.11. The maximum absolute atomic E-state index is 11.8. The molecule has 0 aliphatic carbocycles. The van der Waals surface area contributed by atoms with E-state index in [-0.39, 0.29) is 5.78 Å². The van der Waals surface area contributed by atoms with Crippen molar-refractivity contribution in [1.82, 2.24) is 4.57 Å². The van der Waals surface area contributed by atoms with Crippen molar-refractivity contribution in [1.29, 1.82) is 0 Å². The number of ketones is 1. The van der Waals surface area contributed by atoms with Gasteiger partial charge in [0.25, 0.3) is 0 Å². The molecule has 0 bridgehead atoms. The molecule has 0 aromatic carbocycles. The van der Waals surface area contributed by atoms with E-state index < -0.39 is 11.6 Å². The smallest absolute Gasteiger partial charge is 0.355 e.